The van der Waals surface area contributed by atoms with Crippen molar-refractivity contribution in [2.75, 3.05) is 0 Å². The molecular formula is C21H35NTi. The summed E-state index contributed by atoms with van der Waals surface area (Å²) in [6, 6.07) is 0. The molecule has 0 aliphatic heterocycles. The molecule has 0 spiro atoms. The minimum absolute atomic E-state index is 0.331. The summed E-state index contributed by atoms with van der Waals surface area (Å²) in [6.07, 6.45) is 11.7. The first-order valence-electron chi connectivity index (χ1n) is 9.81. The molecule has 23 heavy (non-hydrogen) atoms. The van der Waals surface area contributed by atoms with Gasteiger partial charge in [0.2, 0.25) is 0 Å². The van der Waals surface area contributed by atoms with Gasteiger partial charge in [0.15, 0.2) is 0 Å². The second-order valence-electron chi connectivity index (χ2n) is 10.2. The summed E-state index contributed by atoms with van der Waals surface area (Å²) in [5, 5.41) is 5.29. The third kappa shape index (κ3) is 2.41. The summed E-state index contributed by atoms with van der Waals surface area (Å²) >= 11 is -2.21. The topological polar surface area (TPSA) is 12.0 Å². The molecule has 0 radical (unpaired) electrons. The molecule has 0 aromatic rings. The minimum atomic E-state index is -2.21. The van der Waals surface area contributed by atoms with E-state index >= 15 is 0 Å². The van der Waals surface area contributed by atoms with E-state index in [0.29, 0.717) is 9.26 Å². The molecule has 4 fully saturated rings. The monoisotopic (exact) mass is 349 g/mol. The van der Waals surface area contributed by atoms with E-state index in [9.17, 15) is 0 Å². The normalized spacial score (nSPS) is 45.8. The summed E-state index contributed by atoms with van der Waals surface area (Å²) in [5.41, 5.74) is 5.24. The molecule has 1 nitrogen and oxygen atoms in total. The van der Waals surface area contributed by atoms with Crippen LogP contribution in [0.3, 0.4) is 0 Å². The summed E-state index contributed by atoms with van der Waals surface area (Å²) in [5.74, 6) is 3.12. The maximum absolute atomic E-state index is 4.46. The van der Waals surface area contributed by atoms with Gasteiger partial charge in [0.25, 0.3) is 0 Å². The van der Waals surface area contributed by atoms with E-state index < -0.39 is 16.8 Å². The average molecular weight is 349 g/mol. The van der Waals surface area contributed by atoms with E-state index in [2.05, 4.69) is 48.0 Å². The van der Waals surface area contributed by atoms with Gasteiger partial charge in [-0.05, 0) is 0 Å². The van der Waals surface area contributed by atoms with Crippen LogP contribution >= 0.6 is 0 Å². The van der Waals surface area contributed by atoms with Crippen molar-refractivity contribution in [2.24, 2.45) is 17.8 Å². The molecule has 0 amide bonds. The van der Waals surface area contributed by atoms with E-state index in [0.717, 1.165) is 17.8 Å². The number of hydrogen-bond donors (Lipinski definition) is 1. The van der Waals surface area contributed by atoms with Gasteiger partial charge in [-0.2, -0.15) is 0 Å². The predicted molar refractivity (Wildman–Crippen MR) is 96.3 cm³/mol. The fourth-order valence-corrected chi connectivity index (χ4v) is 12.7. The van der Waals surface area contributed by atoms with Crippen molar-refractivity contribution in [3.8, 4) is 0 Å². The number of hydrogen-bond acceptors (Lipinski definition) is 1. The van der Waals surface area contributed by atoms with E-state index in [1.54, 1.807) is 30.4 Å². The zero-order valence-corrected chi connectivity index (χ0v) is 17.6. The second kappa shape index (κ2) is 5.09. The Labute approximate surface area is 147 Å². The van der Waals surface area contributed by atoms with Crippen LogP contribution < -0.4 is 3.80 Å². The van der Waals surface area contributed by atoms with Crippen LogP contribution in [0.25, 0.3) is 0 Å². The number of rotatable bonds is 3. The Balaban J connectivity index is 1.64. The number of allylic oxidation sites excluding steroid dienone is 4. The van der Waals surface area contributed by atoms with Crippen LogP contribution in [0.1, 0.15) is 66.2 Å². The quantitative estimate of drug-likeness (QED) is 0.600. The standard InChI is InChI=1S/C10H16N.C9H13.2CH3.Ti/c11-10-4-7-1-8(5-10)3-9(2-7)6-10;1-6-5-7(2)9(4)8(6)3;;;/h7-9,11H,1-6H2;5H,1-4H3;2*1H3;/q-1;;;;+1. The maximum atomic E-state index is 4.46. The molecule has 2 heteroatoms. The summed E-state index contributed by atoms with van der Waals surface area (Å²) in [4.78, 5) is 0. The Morgan fingerprint density at radius 3 is 1.83 bits per heavy atom. The Morgan fingerprint density at radius 2 is 1.43 bits per heavy atom. The Bertz CT molecular complexity index is 562. The van der Waals surface area contributed by atoms with Crippen LogP contribution in [-0.2, 0) is 16.8 Å². The molecule has 5 rings (SSSR count). The Kier molecular flexibility index (Phi) is 3.67. The van der Waals surface area contributed by atoms with Gasteiger partial charge in [-0.15, -0.1) is 0 Å². The summed E-state index contributed by atoms with van der Waals surface area (Å²) in [7, 11) is 0. The molecule has 1 N–H and O–H groups in total. The first-order chi connectivity index (χ1) is 10.6. The van der Waals surface area contributed by atoms with Crippen molar-refractivity contribution in [3.63, 3.8) is 0 Å². The average Bonchev–Trinajstić information content (AvgIpc) is 2.61. The van der Waals surface area contributed by atoms with Crippen LogP contribution in [0, 0.1) is 17.8 Å². The van der Waals surface area contributed by atoms with Gasteiger partial charge in [-0.25, -0.2) is 0 Å². The van der Waals surface area contributed by atoms with Crippen LogP contribution in [0.4, 0.5) is 0 Å². The zero-order chi connectivity index (χ0) is 16.6. The molecule has 5 aliphatic carbocycles. The van der Waals surface area contributed by atoms with Gasteiger partial charge in [-0.3, -0.25) is 0 Å². The Hall–Kier alpha value is 0.154. The van der Waals surface area contributed by atoms with E-state index in [-0.39, 0.29) is 0 Å². The van der Waals surface area contributed by atoms with Crippen molar-refractivity contribution in [1.82, 2.24) is 3.80 Å². The van der Waals surface area contributed by atoms with Crippen LogP contribution in [0.5, 0.6) is 0 Å². The van der Waals surface area contributed by atoms with E-state index in [1.165, 1.54) is 24.8 Å². The fourth-order valence-electron chi connectivity index (χ4n) is 7.04. The van der Waals surface area contributed by atoms with Crippen molar-refractivity contribution in [1.29, 1.82) is 0 Å². The van der Waals surface area contributed by atoms with Gasteiger partial charge in [0.05, 0.1) is 0 Å². The molecule has 0 saturated heterocycles. The molecule has 4 saturated carbocycles. The molecule has 4 bridgehead atoms. The first-order valence-corrected chi connectivity index (χ1v) is 14.5. The van der Waals surface area contributed by atoms with Gasteiger partial charge >= 0.3 is 147 Å². The van der Waals surface area contributed by atoms with Crippen LogP contribution in [-0.4, -0.2) is 5.54 Å². The fraction of sp³-hybridized carbons (Fsp3) is 0.810. The first kappa shape index (κ1) is 16.6. The summed E-state index contributed by atoms with van der Waals surface area (Å²) < 4.78 is 4.79. The third-order valence-electron chi connectivity index (χ3n) is 8.35. The second-order valence-corrected chi connectivity index (χ2v) is 17.3. The summed E-state index contributed by atoms with van der Waals surface area (Å²) in [6.45, 7) is 9.58. The Morgan fingerprint density at radius 1 is 0.957 bits per heavy atom. The van der Waals surface area contributed by atoms with Crippen molar-refractivity contribution in [2.45, 2.75) is 85.9 Å². The van der Waals surface area contributed by atoms with Crippen molar-refractivity contribution < 1.29 is 16.8 Å². The van der Waals surface area contributed by atoms with Gasteiger partial charge in [-0.1, -0.05) is 0 Å². The van der Waals surface area contributed by atoms with Gasteiger partial charge in [0.1, 0.15) is 0 Å². The predicted octanol–water partition coefficient (Wildman–Crippen LogP) is 6.18. The molecule has 0 aromatic heterocycles. The van der Waals surface area contributed by atoms with E-state index in [4.69, 9.17) is 0 Å². The molecule has 128 valence electrons. The third-order valence-corrected chi connectivity index (χ3v) is 15.0. The molecule has 5 aliphatic rings. The van der Waals surface area contributed by atoms with Crippen LogP contribution in [0.15, 0.2) is 22.8 Å². The SMILES string of the molecule is CC1=C[C](C)([Ti]([CH3])([CH3])[NH]C23CC4CC(CC(C4)C2)C3)C(C)=C1C. The molecular weight excluding hydrogens is 314 g/mol. The number of nitrogens with one attached hydrogen (secondary N) is 1. The van der Waals surface area contributed by atoms with Gasteiger partial charge in [0, 0.05) is 0 Å². The van der Waals surface area contributed by atoms with E-state index in [1.807, 2.05) is 0 Å². The van der Waals surface area contributed by atoms with Gasteiger partial charge < -0.3 is 0 Å². The van der Waals surface area contributed by atoms with Crippen molar-refractivity contribution >= 4 is 0 Å². The molecule has 1 atom stereocenters. The zero-order valence-electron chi connectivity index (χ0n) is 16.1. The molecule has 0 aromatic carbocycles. The van der Waals surface area contributed by atoms with Crippen molar-refractivity contribution in [3.05, 3.63) is 22.8 Å². The van der Waals surface area contributed by atoms with Crippen LogP contribution in [0.2, 0.25) is 14.2 Å². The molecule has 1 unspecified atom stereocenters. The molecule has 0 heterocycles.